The molecule has 0 aromatic heterocycles. The van der Waals surface area contributed by atoms with Gasteiger partial charge in [0.2, 0.25) is 5.91 Å². The summed E-state index contributed by atoms with van der Waals surface area (Å²) in [6, 6.07) is 6.77. The third-order valence-corrected chi connectivity index (χ3v) is 5.14. The van der Waals surface area contributed by atoms with Crippen LogP contribution in [0.2, 0.25) is 0 Å². The van der Waals surface area contributed by atoms with Crippen LogP contribution in [-0.2, 0) is 4.79 Å². The Labute approximate surface area is 123 Å². The number of nitrogens with one attached hydrogen (secondary N) is 1. The van der Waals surface area contributed by atoms with Gasteiger partial charge in [-0.3, -0.25) is 4.79 Å². The number of halogens is 1. The first-order valence-corrected chi connectivity index (χ1v) is 7.91. The summed E-state index contributed by atoms with van der Waals surface area (Å²) in [6.07, 6.45) is 3.35. The van der Waals surface area contributed by atoms with Crippen LogP contribution in [0.3, 0.4) is 0 Å². The predicted octanol–water partition coefficient (Wildman–Crippen LogP) is 2.69. The van der Waals surface area contributed by atoms with Gasteiger partial charge in [-0.25, -0.2) is 4.39 Å². The second kappa shape index (κ2) is 6.59. The van der Waals surface area contributed by atoms with Crippen LogP contribution >= 0.6 is 11.8 Å². The molecule has 2 atom stereocenters. The number of rotatable bonds is 5. The summed E-state index contributed by atoms with van der Waals surface area (Å²) in [5, 5.41) is 3.46. The summed E-state index contributed by atoms with van der Waals surface area (Å²) in [4.78, 5) is 12.5. The Morgan fingerprint density at radius 1 is 1.55 bits per heavy atom. The molecule has 2 unspecified atom stereocenters. The van der Waals surface area contributed by atoms with E-state index in [0.717, 1.165) is 19.3 Å². The summed E-state index contributed by atoms with van der Waals surface area (Å²) >= 11 is 1.51. The van der Waals surface area contributed by atoms with Crippen molar-refractivity contribution in [3.63, 3.8) is 0 Å². The molecule has 1 fully saturated rings. The zero-order valence-corrected chi connectivity index (χ0v) is 12.5. The Bertz CT molecular complexity index is 479. The molecule has 0 saturated heterocycles. The number of benzene rings is 1. The molecule has 1 aromatic rings. The molecule has 2 rings (SSSR count). The maximum Gasteiger partial charge on any atom is 0.237 e. The van der Waals surface area contributed by atoms with Gasteiger partial charge >= 0.3 is 0 Å². The first kappa shape index (κ1) is 15.3. The molecular formula is C15H21FN2OS. The fourth-order valence-electron chi connectivity index (χ4n) is 2.85. The standard InChI is InChI=1S/C15H21FN2OS/c1-2-18-15(14(17)19)9-5-6-11(10-15)20-13-8-4-3-7-12(13)16/h3-4,7-8,11,18H,2,5-6,9-10H2,1H3,(H2,17,19). The van der Waals surface area contributed by atoms with Gasteiger partial charge < -0.3 is 11.1 Å². The van der Waals surface area contributed by atoms with E-state index in [1.54, 1.807) is 12.1 Å². The SMILES string of the molecule is CCNC1(C(N)=O)CCCC(Sc2ccccc2F)C1. The number of carbonyl (C=O) groups excluding carboxylic acids is 1. The quantitative estimate of drug-likeness (QED) is 0.878. The highest BCUT2D eigenvalue weighted by atomic mass is 32.2. The molecule has 110 valence electrons. The highest BCUT2D eigenvalue weighted by Gasteiger charge is 2.41. The second-order valence-corrected chi connectivity index (χ2v) is 6.59. The number of primary amides is 1. The Hall–Kier alpha value is -1.07. The van der Waals surface area contributed by atoms with Crippen molar-refractivity contribution in [3.8, 4) is 0 Å². The van der Waals surface area contributed by atoms with E-state index in [-0.39, 0.29) is 17.0 Å². The van der Waals surface area contributed by atoms with Crippen LogP contribution in [-0.4, -0.2) is 23.2 Å². The third kappa shape index (κ3) is 3.33. The van der Waals surface area contributed by atoms with E-state index in [2.05, 4.69) is 5.32 Å². The molecule has 0 bridgehead atoms. The predicted molar refractivity (Wildman–Crippen MR) is 80.1 cm³/mol. The number of hydrogen-bond donors (Lipinski definition) is 2. The lowest BCUT2D eigenvalue weighted by molar-refractivity contribution is -0.125. The lowest BCUT2D eigenvalue weighted by atomic mass is 9.80. The fourth-order valence-corrected chi connectivity index (χ4v) is 4.20. The second-order valence-electron chi connectivity index (χ2n) is 5.24. The molecule has 0 spiro atoms. The average molecular weight is 296 g/mol. The van der Waals surface area contributed by atoms with E-state index in [4.69, 9.17) is 5.73 Å². The molecule has 3 N–H and O–H groups in total. The number of hydrogen-bond acceptors (Lipinski definition) is 3. The van der Waals surface area contributed by atoms with E-state index in [1.165, 1.54) is 17.8 Å². The lowest BCUT2D eigenvalue weighted by Crippen LogP contribution is -2.58. The Kier molecular flexibility index (Phi) is 5.05. The van der Waals surface area contributed by atoms with Crippen LogP contribution < -0.4 is 11.1 Å². The van der Waals surface area contributed by atoms with Crippen molar-refractivity contribution in [1.29, 1.82) is 0 Å². The van der Waals surface area contributed by atoms with Gasteiger partial charge in [0.05, 0.1) is 5.54 Å². The third-order valence-electron chi connectivity index (χ3n) is 3.82. The summed E-state index contributed by atoms with van der Waals surface area (Å²) < 4.78 is 13.7. The number of likely N-dealkylation sites (N-methyl/N-ethyl adjacent to an activating group) is 1. The minimum atomic E-state index is -0.629. The lowest BCUT2D eigenvalue weighted by Gasteiger charge is -2.39. The molecule has 3 nitrogen and oxygen atoms in total. The molecule has 0 radical (unpaired) electrons. The minimum absolute atomic E-state index is 0.198. The summed E-state index contributed by atoms with van der Waals surface area (Å²) in [5.41, 5.74) is 4.96. The number of carbonyl (C=O) groups is 1. The number of thioether (sulfide) groups is 1. The Morgan fingerprint density at radius 3 is 2.95 bits per heavy atom. The molecule has 5 heteroatoms. The molecule has 0 heterocycles. The van der Waals surface area contributed by atoms with Gasteiger partial charge in [0.15, 0.2) is 0 Å². The topological polar surface area (TPSA) is 55.1 Å². The molecule has 1 aliphatic rings. The van der Waals surface area contributed by atoms with Gasteiger partial charge in [0, 0.05) is 10.1 Å². The van der Waals surface area contributed by atoms with Gasteiger partial charge in [-0.2, -0.15) is 0 Å². The van der Waals surface area contributed by atoms with E-state index in [1.807, 2.05) is 13.0 Å². The summed E-state index contributed by atoms with van der Waals surface area (Å²) in [5.74, 6) is -0.491. The Balaban J connectivity index is 2.10. The van der Waals surface area contributed by atoms with Crippen LogP contribution in [0.15, 0.2) is 29.2 Å². The van der Waals surface area contributed by atoms with Crippen LogP contribution in [0, 0.1) is 5.82 Å². The van der Waals surface area contributed by atoms with Gasteiger partial charge in [0.1, 0.15) is 5.82 Å². The highest BCUT2D eigenvalue weighted by Crippen LogP contribution is 2.39. The molecule has 1 aromatic carbocycles. The van der Waals surface area contributed by atoms with E-state index < -0.39 is 5.54 Å². The molecule has 20 heavy (non-hydrogen) atoms. The average Bonchev–Trinajstić information content (AvgIpc) is 2.42. The van der Waals surface area contributed by atoms with Crippen molar-refractivity contribution in [2.24, 2.45) is 5.73 Å². The smallest absolute Gasteiger partial charge is 0.237 e. The maximum atomic E-state index is 13.7. The Morgan fingerprint density at radius 2 is 2.30 bits per heavy atom. The zero-order valence-electron chi connectivity index (χ0n) is 11.7. The summed E-state index contributed by atoms with van der Waals surface area (Å²) in [7, 11) is 0. The van der Waals surface area contributed by atoms with Crippen molar-refractivity contribution in [2.45, 2.75) is 48.3 Å². The van der Waals surface area contributed by atoms with Gasteiger partial charge in [-0.05, 0) is 44.4 Å². The summed E-state index contributed by atoms with van der Waals surface area (Å²) in [6.45, 7) is 2.68. The molecular weight excluding hydrogens is 275 g/mol. The molecule has 1 aliphatic carbocycles. The van der Waals surface area contributed by atoms with Crippen molar-refractivity contribution in [2.75, 3.05) is 6.54 Å². The number of nitrogens with two attached hydrogens (primary N) is 1. The van der Waals surface area contributed by atoms with Gasteiger partial charge in [0.25, 0.3) is 0 Å². The van der Waals surface area contributed by atoms with E-state index >= 15 is 0 Å². The molecule has 0 aliphatic heterocycles. The fraction of sp³-hybridized carbons (Fsp3) is 0.533. The molecule has 1 amide bonds. The van der Waals surface area contributed by atoms with E-state index in [0.29, 0.717) is 17.9 Å². The van der Waals surface area contributed by atoms with Gasteiger partial charge in [-0.1, -0.05) is 19.1 Å². The van der Waals surface area contributed by atoms with Crippen LogP contribution in [0.1, 0.15) is 32.6 Å². The monoisotopic (exact) mass is 296 g/mol. The van der Waals surface area contributed by atoms with Crippen LogP contribution in [0.5, 0.6) is 0 Å². The van der Waals surface area contributed by atoms with Crippen molar-refractivity contribution >= 4 is 17.7 Å². The highest BCUT2D eigenvalue weighted by molar-refractivity contribution is 8.00. The number of amides is 1. The first-order valence-electron chi connectivity index (χ1n) is 7.03. The van der Waals surface area contributed by atoms with Crippen LogP contribution in [0.4, 0.5) is 4.39 Å². The first-order chi connectivity index (χ1) is 9.57. The van der Waals surface area contributed by atoms with Crippen LogP contribution in [0.25, 0.3) is 0 Å². The maximum absolute atomic E-state index is 13.7. The van der Waals surface area contributed by atoms with Gasteiger partial charge in [-0.15, -0.1) is 11.8 Å². The zero-order chi connectivity index (χ0) is 14.6. The van der Waals surface area contributed by atoms with E-state index in [9.17, 15) is 9.18 Å². The van der Waals surface area contributed by atoms with Crippen molar-refractivity contribution < 1.29 is 9.18 Å². The van der Waals surface area contributed by atoms with Crippen molar-refractivity contribution in [3.05, 3.63) is 30.1 Å². The van der Waals surface area contributed by atoms with Crippen molar-refractivity contribution in [1.82, 2.24) is 5.32 Å². The molecule has 1 saturated carbocycles. The minimum Gasteiger partial charge on any atom is -0.368 e. The normalized spacial score (nSPS) is 26.4. The largest absolute Gasteiger partial charge is 0.368 e.